The second-order valence-corrected chi connectivity index (χ2v) is 6.00. The normalized spacial score (nSPS) is 24.4. The summed E-state index contributed by atoms with van der Waals surface area (Å²) < 4.78 is 12.2. The van der Waals surface area contributed by atoms with E-state index < -0.39 is 0 Å². The van der Waals surface area contributed by atoms with Crippen LogP contribution >= 0.6 is 15.9 Å². The van der Waals surface area contributed by atoms with Gasteiger partial charge in [-0.1, -0.05) is 15.9 Å². The van der Waals surface area contributed by atoms with Crippen LogP contribution in [-0.4, -0.2) is 32.9 Å². The van der Waals surface area contributed by atoms with E-state index in [0.717, 1.165) is 29.7 Å². The molecule has 2 rings (SSSR count). The minimum Gasteiger partial charge on any atom is -0.496 e. The van der Waals surface area contributed by atoms with Crippen LogP contribution in [0.15, 0.2) is 22.7 Å². The third kappa shape index (κ3) is 3.50. The van der Waals surface area contributed by atoms with Gasteiger partial charge in [0.25, 0.3) is 0 Å². The molecule has 19 heavy (non-hydrogen) atoms. The number of rotatable bonds is 5. The van der Waals surface area contributed by atoms with Crippen LogP contribution < -0.4 is 10.1 Å². The van der Waals surface area contributed by atoms with Crippen LogP contribution in [0.5, 0.6) is 5.75 Å². The van der Waals surface area contributed by atoms with Crippen molar-refractivity contribution in [1.82, 2.24) is 5.32 Å². The summed E-state index contributed by atoms with van der Waals surface area (Å²) in [5, 5.41) is 3.44. The van der Waals surface area contributed by atoms with Crippen LogP contribution in [0.4, 0.5) is 0 Å². The summed E-state index contributed by atoms with van der Waals surface area (Å²) in [5.74, 6) is 1.52. The summed E-state index contributed by atoms with van der Waals surface area (Å²) in [7, 11) is 3.75. The zero-order chi connectivity index (χ0) is 13.8. The minimum atomic E-state index is 0.329. The van der Waals surface area contributed by atoms with E-state index >= 15 is 0 Å². The number of likely N-dealkylation sites (N-methyl/N-ethyl adjacent to an activating group) is 1. The van der Waals surface area contributed by atoms with Gasteiger partial charge in [-0.05, 0) is 50.6 Å². The van der Waals surface area contributed by atoms with Crippen molar-refractivity contribution in [2.45, 2.75) is 31.9 Å². The number of nitrogens with one attached hydrogen (secondary N) is 1. The van der Waals surface area contributed by atoms with E-state index in [9.17, 15) is 0 Å². The van der Waals surface area contributed by atoms with Crippen molar-refractivity contribution in [2.75, 3.05) is 20.8 Å². The Balaban J connectivity index is 2.15. The van der Waals surface area contributed by atoms with E-state index in [-0.39, 0.29) is 0 Å². The van der Waals surface area contributed by atoms with Gasteiger partial charge < -0.3 is 14.8 Å². The molecule has 1 aromatic rings. The molecule has 1 aromatic carbocycles. The highest BCUT2D eigenvalue weighted by Gasteiger charge is 2.31. The van der Waals surface area contributed by atoms with Crippen molar-refractivity contribution in [1.29, 1.82) is 0 Å². The predicted octanol–water partition coefficient (Wildman–Crippen LogP) is 3.01. The van der Waals surface area contributed by atoms with Gasteiger partial charge in [-0.2, -0.15) is 0 Å². The lowest BCUT2D eigenvalue weighted by atomic mass is 9.89. The van der Waals surface area contributed by atoms with E-state index in [1.54, 1.807) is 7.11 Å². The van der Waals surface area contributed by atoms with Crippen LogP contribution in [0.1, 0.15) is 18.9 Å². The zero-order valence-corrected chi connectivity index (χ0v) is 13.4. The molecule has 4 heteroatoms. The topological polar surface area (TPSA) is 30.5 Å². The van der Waals surface area contributed by atoms with Crippen LogP contribution in [0, 0.1) is 5.92 Å². The van der Waals surface area contributed by atoms with Crippen molar-refractivity contribution in [3.63, 3.8) is 0 Å². The average molecular weight is 328 g/mol. The highest BCUT2D eigenvalue weighted by molar-refractivity contribution is 9.10. The summed E-state index contributed by atoms with van der Waals surface area (Å²) in [6, 6.07) is 6.59. The van der Waals surface area contributed by atoms with Gasteiger partial charge in [0.15, 0.2) is 0 Å². The largest absolute Gasteiger partial charge is 0.496 e. The molecule has 1 N–H and O–H groups in total. The number of hydrogen-bond donors (Lipinski definition) is 1. The summed E-state index contributed by atoms with van der Waals surface area (Å²) >= 11 is 3.53. The molecule has 0 radical (unpaired) electrons. The Kier molecular flexibility index (Phi) is 5.25. The summed E-state index contributed by atoms with van der Waals surface area (Å²) in [4.78, 5) is 0. The molecular weight excluding hydrogens is 306 g/mol. The van der Waals surface area contributed by atoms with Gasteiger partial charge in [-0.15, -0.1) is 0 Å². The lowest BCUT2D eigenvalue weighted by molar-refractivity contribution is 0.0962. The second kappa shape index (κ2) is 6.73. The Bertz CT molecular complexity index is 425. The van der Waals surface area contributed by atoms with Gasteiger partial charge in [0.2, 0.25) is 0 Å². The molecule has 0 amide bonds. The monoisotopic (exact) mass is 327 g/mol. The maximum absolute atomic E-state index is 5.69. The van der Waals surface area contributed by atoms with Gasteiger partial charge in [0.1, 0.15) is 5.75 Å². The first-order chi connectivity index (χ1) is 9.15. The molecule has 1 aliphatic heterocycles. The average Bonchev–Trinajstić information content (AvgIpc) is 2.82. The van der Waals surface area contributed by atoms with Gasteiger partial charge in [-0.3, -0.25) is 0 Å². The highest BCUT2D eigenvalue weighted by atomic mass is 79.9. The van der Waals surface area contributed by atoms with E-state index in [1.165, 1.54) is 5.56 Å². The summed E-state index contributed by atoms with van der Waals surface area (Å²) in [5.41, 5.74) is 1.23. The zero-order valence-electron chi connectivity index (χ0n) is 11.8. The number of halogens is 1. The minimum absolute atomic E-state index is 0.329. The Morgan fingerprint density at radius 2 is 2.32 bits per heavy atom. The van der Waals surface area contributed by atoms with Gasteiger partial charge in [0.05, 0.1) is 13.2 Å². The molecule has 0 spiro atoms. The Morgan fingerprint density at radius 1 is 1.53 bits per heavy atom. The molecule has 106 valence electrons. The molecule has 3 atom stereocenters. The third-order valence-electron chi connectivity index (χ3n) is 4.00. The third-order valence-corrected chi connectivity index (χ3v) is 4.50. The summed E-state index contributed by atoms with van der Waals surface area (Å²) in [6.45, 7) is 3.04. The Labute approximate surface area is 123 Å². The molecule has 0 aliphatic carbocycles. The molecule has 1 fully saturated rings. The van der Waals surface area contributed by atoms with Crippen molar-refractivity contribution in [3.05, 3.63) is 28.2 Å². The van der Waals surface area contributed by atoms with Crippen molar-refractivity contribution < 1.29 is 9.47 Å². The molecule has 0 bridgehead atoms. The fourth-order valence-corrected chi connectivity index (χ4v) is 3.30. The fraction of sp³-hybridized carbons (Fsp3) is 0.600. The van der Waals surface area contributed by atoms with Crippen LogP contribution in [0.25, 0.3) is 0 Å². The maximum atomic E-state index is 5.69. The molecular formula is C15H22BrNO2. The van der Waals surface area contributed by atoms with Crippen molar-refractivity contribution in [3.8, 4) is 5.75 Å². The fourth-order valence-electron chi connectivity index (χ4n) is 2.89. The Hall–Kier alpha value is -0.580. The molecule has 3 unspecified atom stereocenters. The number of methoxy groups -OCH3 is 1. The first-order valence-corrected chi connectivity index (χ1v) is 7.56. The van der Waals surface area contributed by atoms with Crippen LogP contribution in [-0.2, 0) is 11.2 Å². The predicted molar refractivity (Wildman–Crippen MR) is 80.8 cm³/mol. The molecule has 0 saturated carbocycles. The number of hydrogen-bond acceptors (Lipinski definition) is 3. The smallest absolute Gasteiger partial charge is 0.122 e. The van der Waals surface area contributed by atoms with Crippen molar-refractivity contribution in [2.24, 2.45) is 5.92 Å². The molecule has 1 heterocycles. The van der Waals surface area contributed by atoms with E-state index in [1.807, 2.05) is 19.2 Å². The summed E-state index contributed by atoms with van der Waals surface area (Å²) in [6.07, 6.45) is 2.41. The van der Waals surface area contributed by atoms with Crippen molar-refractivity contribution >= 4 is 15.9 Å². The van der Waals surface area contributed by atoms with E-state index in [0.29, 0.717) is 18.1 Å². The standard InChI is InChI=1S/C15H22BrNO2/c1-10-13(6-7-19-10)14(17-2)9-11-8-12(16)4-5-15(11)18-3/h4-5,8,10,13-14,17H,6-7,9H2,1-3H3. The molecule has 3 nitrogen and oxygen atoms in total. The first kappa shape index (κ1) is 14.8. The van der Waals surface area contributed by atoms with Gasteiger partial charge in [-0.25, -0.2) is 0 Å². The van der Waals surface area contributed by atoms with Crippen LogP contribution in [0.2, 0.25) is 0 Å². The molecule has 1 aliphatic rings. The molecule has 0 aromatic heterocycles. The lowest BCUT2D eigenvalue weighted by Gasteiger charge is -2.26. The van der Waals surface area contributed by atoms with Gasteiger partial charge in [0, 0.05) is 23.0 Å². The second-order valence-electron chi connectivity index (χ2n) is 5.08. The number of ether oxygens (including phenoxy) is 2. The maximum Gasteiger partial charge on any atom is 0.122 e. The first-order valence-electron chi connectivity index (χ1n) is 6.77. The van der Waals surface area contributed by atoms with E-state index in [2.05, 4.69) is 34.2 Å². The Morgan fingerprint density at radius 3 is 2.89 bits per heavy atom. The highest BCUT2D eigenvalue weighted by Crippen LogP contribution is 2.29. The van der Waals surface area contributed by atoms with Crippen LogP contribution in [0.3, 0.4) is 0 Å². The van der Waals surface area contributed by atoms with Gasteiger partial charge >= 0.3 is 0 Å². The quantitative estimate of drug-likeness (QED) is 0.901. The SMILES string of the molecule is CNC(Cc1cc(Br)ccc1OC)C1CCOC1C. The molecule has 1 saturated heterocycles. The van der Waals surface area contributed by atoms with E-state index in [4.69, 9.17) is 9.47 Å². The lowest BCUT2D eigenvalue weighted by Crippen LogP contribution is -2.38. The number of benzene rings is 1.